The van der Waals surface area contributed by atoms with Gasteiger partial charge in [0.25, 0.3) is 0 Å². The van der Waals surface area contributed by atoms with Crippen molar-refractivity contribution in [2.45, 2.75) is 19.3 Å². The first-order chi connectivity index (χ1) is 9.78. The van der Waals surface area contributed by atoms with Gasteiger partial charge in [-0.1, -0.05) is 17.4 Å². The second-order valence-corrected chi connectivity index (χ2v) is 6.24. The highest BCUT2D eigenvalue weighted by Crippen LogP contribution is 2.31. The molecule has 3 aromatic rings. The van der Waals surface area contributed by atoms with Crippen LogP contribution in [0, 0.1) is 0 Å². The molecular formula is C16H15N3S. The van der Waals surface area contributed by atoms with Gasteiger partial charge in [0.2, 0.25) is 0 Å². The highest BCUT2D eigenvalue weighted by Gasteiger charge is 2.11. The number of hydrogen-bond donors (Lipinski definition) is 2. The molecule has 0 saturated carbocycles. The fourth-order valence-electron chi connectivity index (χ4n) is 2.77. The first kappa shape index (κ1) is 11.7. The molecule has 0 atom stereocenters. The Labute approximate surface area is 121 Å². The minimum atomic E-state index is 0.783. The zero-order chi connectivity index (χ0) is 13.5. The Hall–Kier alpha value is -2.07. The number of thiazole rings is 1. The van der Waals surface area contributed by atoms with Crippen LogP contribution in [0.15, 0.2) is 36.4 Å². The van der Waals surface area contributed by atoms with Crippen LogP contribution in [0.25, 0.3) is 10.2 Å². The molecule has 100 valence electrons. The van der Waals surface area contributed by atoms with Gasteiger partial charge in [-0.25, -0.2) is 4.98 Å². The van der Waals surface area contributed by atoms with E-state index < -0.39 is 0 Å². The molecule has 2 aromatic carbocycles. The fraction of sp³-hybridized carbons (Fsp3) is 0.188. The molecule has 0 amide bonds. The molecule has 1 heterocycles. The van der Waals surface area contributed by atoms with E-state index >= 15 is 0 Å². The van der Waals surface area contributed by atoms with Crippen molar-refractivity contribution in [2.24, 2.45) is 0 Å². The van der Waals surface area contributed by atoms with E-state index in [0.29, 0.717) is 0 Å². The van der Waals surface area contributed by atoms with E-state index in [0.717, 1.165) is 26.7 Å². The minimum Gasteiger partial charge on any atom is -0.399 e. The Morgan fingerprint density at radius 2 is 1.95 bits per heavy atom. The number of aromatic nitrogens is 1. The molecule has 3 N–H and O–H groups in total. The summed E-state index contributed by atoms with van der Waals surface area (Å²) in [7, 11) is 0. The van der Waals surface area contributed by atoms with E-state index in [1.165, 1.54) is 30.4 Å². The molecule has 0 radical (unpaired) electrons. The van der Waals surface area contributed by atoms with Gasteiger partial charge >= 0.3 is 0 Å². The van der Waals surface area contributed by atoms with E-state index in [9.17, 15) is 0 Å². The summed E-state index contributed by atoms with van der Waals surface area (Å²) >= 11 is 1.64. The third-order valence-corrected chi connectivity index (χ3v) is 4.70. The zero-order valence-corrected chi connectivity index (χ0v) is 11.8. The van der Waals surface area contributed by atoms with E-state index in [4.69, 9.17) is 5.73 Å². The lowest BCUT2D eigenvalue weighted by molar-refractivity contribution is 0.912. The highest BCUT2D eigenvalue weighted by molar-refractivity contribution is 7.22. The summed E-state index contributed by atoms with van der Waals surface area (Å²) in [6.07, 6.45) is 3.69. The Balaban J connectivity index is 1.66. The van der Waals surface area contributed by atoms with Gasteiger partial charge in [0, 0.05) is 11.4 Å². The molecule has 0 saturated heterocycles. The van der Waals surface area contributed by atoms with Crippen molar-refractivity contribution in [2.75, 3.05) is 11.1 Å². The van der Waals surface area contributed by atoms with Crippen molar-refractivity contribution in [1.29, 1.82) is 0 Å². The summed E-state index contributed by atoms with van der Waals surface area (Å²) in [6, 6.07) is 12.5. The summed E-state index contributed by atoms with van der Waals surface area (Å²) in [5.74, 6) is 0. The van der Waals surface area contributed by atoms with Crippen molar-refractivity contribution in [3.63, 3.8) is 0 Å². The number of hydrogen-bond acceptors (Lipinski definition) is 4. The summed E-state index contributed by atoms with van der Waals surface area (Å²) in [5, 5.41) is 4.33. The predicted molar refractivity (Wildman–Crippen MR) is 85.8 cm³/mol. The van der Waals surface area contributed by atoms with Crippen molar-refractivity contribution in [1.82, 2.24) is 4.98 Å². The number of nitrogens with two attached hydrogens (primary N) is 1. The van der Waals surface area contributed by atoms with Crippen LogP contribution >= 0.6 is 11.3 Å². The molecule has 0 aliphatic heterocycles. The number of aryl methyl sites for hydroxylation is 2. The molecular weight excluding hydrogens is 266 g/mol. The number of benzene rings is 2. The third-order valence-electron chi connectivity index (χ3n) is 3.76. The van der Waals surface area contributed by atoms with Crippen LogP contribution in [-0.4, -0.2) is 4.98 Å². The normalized spacial score (nSPS) is 13.6. The van der Waals surface area contributed by atoms with Crippen LogP contribution in [0.4, 0.5) is 16.5 Å². The van der Waals surface area contributed by atoms with Crippen LogP contribution in [0.3, 0.4) is 0 Å². The number of rotatable bonds is 2. The molecule has 1 aliphatic rings. The fourth-order valence-corrected chi connectivity index (χ4v) is 3.70. The Morgan fingerprint density at radius 3 is 2.90 bits per heavy atom. The average Bonchev–Trinajstić information content (AvgIpc) is 3.03. The lowest BCUT2D eigenvalue weighted by Gasteiger charge is -2.05. The minimum absolute atomic E-state index is 0.783. The smallest absolute Gasteiger partial charge is 0.188 e. The molecule has 0 unspecified atom stereocenters. The van der Waals surface area contributed by atoms with Gasteiger partial charge in [0.05, 0.1) is 10.2 Å². The van der Waals surface area contributed by atoms with Crippen LogP contribution < -0.4 is 11.1 Å². The maximum atomic E-state index is 5.81. The van der Waals surface area contributed by atoms with Gasteiger partial charge in [0.15, 0.2) is 5.13 Å². The largest absolute Gasteiger partial charge is 0.399 e. The maximum absolute atomic E-state index is 5.81. The van der Waals surface area contributed by atoms with Gasteiger partial charge in [0.1, 0.15) is 0 Å². The first-order valence-electron chi connectivity index (χ1n) is 6.83. The van der Waals surface area contributed by atoms with Gasteiger partial charge in [-0.3, -0.25) is 0 Å². The molecule has 1 aliphatic carbocycles. The van der Waals surface area contributed by atoms with Crippen LogP contribution in [0.1, 0.15) is 17.5 Å². The average molecular weight is 281 g/mol. The summed E-state index contributed by atoms with van der Waals surface area (Å²) in [4.78, 5) is 4.59. The molecule has 0 bridgehead atoms. The molecule has 4 heteroatoms. The zero-order valence-electron chi connectivity index (χ0n) is 11.0. The number of fused-ring (bicyclic) bond motifs is 2. The first-order valence-corrected chi connectivity index (χ1v) is 7.64. The molecule has 20 heavy (non-hydrogen) atoms. The second-order valence-electron chi connectivity index (χ2n) is 5.21. The van der Waals surface area contributed by atoms with Crippen molar-refractivity contribution < 1.29 is 0 Å². The van der Waals surface area contributed by atoms with E-state index in [2.05, 4.69) is 28.5 Å². The summed E-state index contributed by atoms with van der Waals surface area (Å²) in [6.45, 7) is 0. The monoisotopic (exact) mass is 281 g/mol. The lowest BCUT2D eigenvalue weighted by Crippen LogP contribution is -1.91. The van der Waals surface area contributed by atoms with Gasteiger partial charge in [-0.2, -0.15) is 0 Å². The van der Waals surface area contributed by atoms with E-state index in [-0.39, 0.29) is 0 Å². The third kappa shape index (κ3) is 2.02. The standard InChI is InChI=1S/C16H15N3S/c17-12-5-7-14-15(9-12)20-16(19-14)18-13-6-4-10-2-1-3-11(10)8-13/h4-9H,1-3,17H2,(H,18,19). The predicted octanol–water partition coefficient (Wildman–Crippen LogP) is 4.11. The quantitative estimate of drug-likeness (QED) is 0.695. The van der Waals surface area contributed by atoms with Crippen molar-refractivity contribution in [3.05, 3.63) is 47.5 Å². The molecule has 3 nitrogen and oxygen atoms in total. The lowest BCUT2D eigenvalue weighted by atomic mass is 10.1. The van der Waals surface area contributed by atoms with Crippen molar-refractivity contribution in [3.8, 4) is 0 Å². The van der Waals surface area contributed by atoms with Crippen LogP contribution in [0.5, 0.6) is 0 Å². The molecule has 1 aromatic heterocycles. The number of nitrogens with zero attached hydrogens (tertiary/aromatic N) is 1. The number of anilines is 3. The molecule has 4 rings (SSSR count). The van der Waals surface area contributed by atoms with Crippen molar-refractivity contribution >= 4 is 38.1 Å². The number of nitrogen functional groups attached to an aromatic ring is 1. The van der Waals surface area contributed by atoms with Crippen LogP contribution in [0.2, 0.25) is 0 Å². The summed E-state index contributed by atoms with van der Waals surface area (Å²) < 4.78 is 1.12. The van der Waals surface area contributed by atoms with Gasteiger partial charge in [-0.15, -0.1) is 0 Å². The SMILES string of the molecule is Nc1ccc2nc(Nc3ccc4c(c3)CCC4)sc2c1. The van der Waals surface area contributed by atoms with Crippen LogP contribution in [-0.2, 0) is 12.8 Å². The summed E-state index contributed by atoms with van der Waals surface area (Å²) in [5.41, 5.74) is 11.7. The second kappa shape index (κ2) is 4.49. The Bertz CT molecular complexity index is 792. The number of nitrogens with one attached hydrogen (secondary N) is 1. The van der Waals surface area contributed by atoms with E-state index in [1.54, 1.807) is 11.3 Å². The molecule has 0 spiro atoms. The Kier molecular flexibility index (Phi) is 2.63. The highest BCUT2D eigenvalue weighted by atomic mass is 32.1. The molecule has 0 fully saturated rings. The van der Waals surface area contributed by atoms with Gasteiger partial charge < -0.3 is 11.1 Å². The van der Waals surface area contributed by atoms with E-state index in [1.807, 2.05) is 18.2 Å². The Morgan fingerprint density at radius 1 is 1.05 bits per heavy atom. The maximum Gasteiger partial charge on any atom is 0.188 e. The topological polar surface area (TPSA) is 50.9 Å². The van der Waals surface area contributed by atoms with Gasteiger partial charge in [-0.05, 0) is 60.7 Å².